The Morgan fingerprint density at radius 2 is 2.35 bits per heavy atom. The SMILES string of the molecule is Cc1cccc(C#CCCN=[N+]=[N-])c1[N+](=O)[O-]. The van der Waals surface area contributed by atoms with Gasteiger partial charge in [0.1, 0.15) is 5.56 Å². The Hall–Kier alpha value is -2.51. The fourth-order valence-electron chi connectivity index (χ4n) is 1.31. The largest absolute Gasteiger partial charge is 0.287 e. The highest BCUT2D eigenvalue weighted by Crippen LogP contribution is 2.21. The van der Waals surface area contributed by atoms with Crippen molar-refractivity contribution in [3.8, 4) is 11.8 Å². The smallest absolute Gasteiger partial charge is 0.258 e. The molecular formula is C11H10N4O2. The third-order valence-corrected chi connectivity index (χ3v) is 2.04. The number of aryl methyl sites for hydroxylation is 1. The van der Waals surface area contributed by atoms with Gasteiger partial charge in [-0.2, -0.15) is 0 Å². The zero-order chi connectivity index (χ0) is 12.7. The van der Waals surface area contributed by atoms with Crippen molar-refractivity contribution in [2.45, 2.75) is 13.3 Å². The number of nitro groups is 1. The molecule has 0 bridgehead atoms. The summed E-state index contributed by atoms with van der Waals surface area (Å²) in [5.74, 6) is 5.46. The van der Waals surface area contributed by atoms with E-state index in [1.807, 2.05) is 0 Å². The van der Waals surface area contributed by atoms with E-state index in [1.165, 1.54) is 0 Å². The van der Waals surface area contributed by atoms with E-state index in [-0.39, 0.29) is 12.2 Å². The van der Waals surface area contributed by atoms with Crippen molar-refractivity contribution < 1.29 is 4.92 Å². The predicted molar refractivity (Wildman–Crippen MR) is 63.3 cm³/mol. The van der Waals surface area contributed by atoms with Crippen LogP contribution in [0, 0.1) is 28.9 Å². The van der Waals surface area contributed by atoms with Gasteiger partial charge in [-0.25, -0.2) is 0 Å². The third kappa shape index (κ3) is 3.52. The summed E-state index contributed by atoms with van der Waals surface area (Å²) in [5, 5.41) is 14.2. The van der Waals surface area contributed by atoms with Crippen LogP contribution in [0.4, 0.5) is 5.69 Å². The van der Waals surface area contributed by atoms with Crippen molar-refractivity contribution in [3.63, 3.8) is 0 Å². The molecule has 0 spiro atoms. The molecule has 0 aliphatic carbocycles. The molecule has 0 saturated heterocycles. The van der Waals surface area contributed by atoms with E-state index < -0.39 is 4.92 Å². The minimum Gasteiger partial charge on any atom is -0.258 e. The molecule has 0 fully saturated rings. The van der Waals surface area contributed by atoms with Crippen LogP contribution in [0.2, 0.25) is 0 Å². The van der Waals surface area contributed by atoms with E-state index in [0.29, 0.717) is 17.5 Å². The Kier molecular flexibility index (Phi) is 4.55. The second kappa shape index (κ2) is 6.16. The van der Waals surface area contributed by atoms with Crippen LogP contribution < -0.4 is 0 Å². The number of azide groups is 1. The van der Waals surface area contributed by atoms with Gasteiger partial charge in [0.2, 0.25) is 0 Å². The lowest BCUT2D eigenvalue weighted by Crippen LogP contribution is -1.95. The average Bonchev–Trinajstić information content (AvgIpc) is 2.28. The molecule has 0 N–H and O–H groups in total. The molecule has 0 aliphatic rings. The van der Waals surface area contributed by atoms with Gasteiger partial charge in [0, 0.05) is 23.4 Å². The molecule has 0 atom stereocenters. The Bertz CT molecular complexity index is 536. The number of benzene rings is 1. The molecule has 1 aromatic rings. The van der Waals surface area contributed by atoms with Gasteiger partial charge >= 0.3 is 0 Å². The molecule has 17 heavy (non-hydrogen) atoms. The van der Waals surface area contributed by atoms with Gasteiger partial charge in [-0.1, -0.05) is 29.1 Å². The summed E-state index contributed by atoms with van der Waals surface area (Å²) in [7, 11) is 0. The molecule has 0 aromatic heterocycles. The van der Waals surface area contributed by atoms with Gasteiger partial charge in [-0.05, 0) is 18.5 Å². The molecule has 1 aromatic carbocycles. The van der Waals surface area contributed by atoms with Crippen molar-refractivity contribution in [2.75, 3.05) is 6.54 Å². The van der Waals surface area contributed by atoms with Crippen LogP contribution in [-0.4, -0.2) is 11.5 Å². The number of nitrogens with zero attached hydrogens (tertiary/aromatic N) is 4. The zero-order valence-electron chi connectivity index (χ0n) is 9.25. The van der Waals surface area contributed by atoms with E-state index in [1.54, 1.807) is 25.1 Å². The molecule has 6 heteroatoms. The fourth-order valence-corrected chi connectivity index (χ4v) is 1.31. The highest BCUT2D eigenvalue weighted by Gasteiger charge is 2.14. The van der Waals surface area contributed by atoms with Gasteiger partial charge in [-0.3, -0.25) is 10.1 Å². The molecule has 0 unspecified atom stereocenters. The minimum atomic E-state index is -0.438. The number of para-hydroxylation sites is 1. The van der Waals surface area contributed by atoms with Crippen molar-refractivity contribution in [1.82, 2.24) is 0 Å². The number of hydrogen-bond acceptors (Lipinski definition) is 3. The fraction of sp³-hybridized carbons (Fsp3) is 0.273. The number of rotatable bonds is 3. The lowest BCUT2D eigenvalue weighted by Gasteiger charge is -1.98. The first-order valence-corrected chi connectivity index (χ1v) is 4.90. The molecule has 1 rings (SSSR count). The van der Waals surface area contributed by atoms with Gasteiger partial charge in [-0.15, -0.1) is 0 Å². The average molecular weight is 230 g/mol. The summed E-state index contributed by atoms with van der Waals surface area (Å²) >= 11 is 0. The van der Waals surface area contributed by atoms with Gasteiger partial charge in [0.15, 0.2) is 0 Å². The lowest BCUT2D eigenvalue weighted by atomic mass is 10.1. The normalized spacial score (nSPS) is 8.76. The van der Waals surface area contributed by atoms with E-state index in [9.17, 15) is 10.1 Å². The molecular weight excluding hydrogens is 220 g/mol. The van der Waals surface area contributed by atoms with Gasteiger partial charge in [0.05, 0.1) is 4.92 Å². The maximum Gasteiger partial charge on any atom is 0.287 e. The molecule has 0 saturated carbocycles. The Labute approximate surface area is 98.0 Å². The highest BCUT2D eigenvalue weighted by molar-refractivity contribution is 5.55. The summed E-state index contributed by atoms with van der Waals surface area (Å²) in [5.41, 5.74) is 9.05. The second-order valence-corrected chi connectivity index (χ2v) is 3.23. The highest BCUT2D eigenvalue weighted by atomic mass is 16.6. The maximum atomic E-state index is 10.8. The van der Waals surface area contributed by atoms with E-state index in [0.717, 1.165) is 0 Å². The van der Waals surface area contributed by atoms with Crippen molar-refractivity contribution in [2.24, 2.45) is 5.11 Å². The van der Waals surface area contributed by atoms with Gasteiger partial charge in [0.25, 0.3) is 5.69 Å². The van der Waals surface area contributed by atoms with Crippen LogP contribution >= 0.6 is 0 Å². The van der Waals surface area contributed by atoms with Gasteiger partial charge < -0.3 is 0 Å². The molecule has 0 radical (unpaired) electrons. The first-order chi connectivity index (χ1) is 8.16. The standard InChI is InChI=1S/C11H10N4O2/c1-9-5-4-7-10(11(9)15(16)17)6-2-3-8-13-14-12/h4-5,7H,3,8H2,1H3. The first kappa shape index (κ1) is 12.6. The summed E-state index contributed by atoms with van der Waals surface area (Å²) in [4.78, 5) is 13.0. The zero-order valence-corrected chi connectivity index (χ0v) is 9.25. The number of hydrogen-bond donors (Lipinski definition) is 0. The molecule has 0 amide bonds. The minimum absolute atomic E-state index is 0.0313. The third-order valence-electron chi connectivity index (χ3n) is 2.04. The maximum absolute atomic E-state index is 10.8. The second-order valence-electron chi connectivity index (χ2n) is 3.23. The van der Waals surface area contributed by atoms with Crippen LogP contribution in [0.1, 0.15) is 17.5 Å². The molecule has 0 aliphatic heterocycles. The van der Waals surface area contributed by atoms with Crippen molar-refractivity contribution >= 4 is 5.69 Å². The first-order valence-electron chi connectivity index (χ1n) is 4.90. The van der Waals surface area contributed by atoms with Crippen LogP contribution in [0.5, 0.6) is 0 Å². The summed E-state index contributed by atoms with van der Waals surface area (Å²) in [6.07, 6.45) is 0.384. The van der Waals surface area contributed by atoms with Crippen LogP contribution in [0.3, 0.4) is 0 Å². The molecule has 0 heterocycles. The van der Waals surface area contributed by atoms with Crippen molar-refractivity contribution in [1.29, 1.82) is 0 Å². The van der Waals surface area contributed by atoms with Crippen LogP contribution in [0.25, 0.3) is 10.4 Å². The Balaban J connectivity index is 2.94. The molecule has 6 nitrogen and oxygen atoms in total. The van der Waals surface area contributed by atoms with E-state index in [2.05, 4.69) is 21.9 Å². The van der Waals surface area contributed by atoms with Crippen LogP contribution in [0.15, 0.2) is 23.3 Å². The Morgan fingerprint density at radius 1 is 1.59 bits per heavy atom. The van der Waals surface area contributed by atoms with E-state index in [4.69, 9.17) is 5.53 Å². The van der Waals surface area contributed by atoms with Crippen molar-refractivity contribution in [3.05, 3.63) is 49.9 Å². The lowest BCUT2D eigenvalue weighted by molar-refractivity contribution is -0.385. The number of nitro benzene ring substituents is 1. The summed E-state index contributed by atoms with van der Waals surface area (Å²) in [6.45, 7) is 1.94. The summed E-state index contributed by atoms with van der Waals surface area (Å²) < 4.78 is 0. The summed E-state index contributed by atoms with van der Waals surface area (Å²) in [6, 6.07) is 4.99. The van der Waals surface area contributed by atoms with Crippen LogP contribution in [-0.2, 0) is 0 Å². The quantitative estimate of drug-likeness (QED) is 0.152. The monoisotopic (exact) mass is 230 g/mol. The predicted octanol–water partition coefficient (Wildman–Crippen LogP) is 2.96. The topological polar surface area (TPSA) is 91.9 Å². The molecule has 86 valence electrons. The Morgan fingerprint density at radius 3 is 3.00 bits per heavy atom. The van der Waals surface area contributed by atoms with E-state index >= 15 is 0 Å².